The van der Waals surface area contributed by atoms with Crippen LogP contribution >= 0.6 is 0 Å². The van der Waals surface area contributed by atoms with Gasteiger partial charge in [0.05, 0.1) is 12.3 Å². The Morgan fingerprint density at radius 2 is 2.04 bits per heavy atom. The lowest BCUT2D eigenvalue weighted by Gasteiger charge is -2.24. The molecule has 1 aliphatic heterocycles. The van der Waals surface area contributed by atoms with Gasteiger partial charge in [0.15, 0.2) is 0 Å². The fourth-order valence-corrected chi connectivity index (χ4v) is 3.34. The number of rotatable bonds is 6. The minimum Gasteiger partial charge on any atom is -0.394 e. The van der Waals surface area contributed by atoms with E-state index in [1.807, 2.05) is 20.0 Å². The molecular weight excluding hydrogens is 328 g/mol. The minimum atomic E-state index is -0.0333. The highest BCUT2D eigenvalue weighted by Gasteiger charge is 2.21. The first-order valence-electron chi connectivity index (χ1n) is 9.40. The summed E-state index contributed by atoms with van der Waals surface area (Å²) in [5.41, 5.74) is 3.44. The van der Waals surface area contributed by atoms with Gasteiger partial charge in [0, 0.05) is 42.9 Å². The molecule has 2 N–H and O–H groups in total. The third kappa shape index (κ3) is 4.09. The molecule has 1 aliphatic rings. The molecule has 0 spiro atoms. The summed E-state index contributed by atoms with van der Waals surface area (Å²) < 4.78 is 0. The van der Waals surface area contributed by atoms with E-state index >= 15 is 0 Å². The van der Waals surface area contributed by atoms with E-state index in [-0.39, 0.29) is 12.6 Å². The standard InChI is InChI=1S/C19H28N6O/c1-4-5-15-10-20-14(3)24-19(15)25-8-6-16-17(7-9-25)21-12-22-18(16)23-13(2)11-26/h10,12-13,26H,4-9,11H2,1-3H3,(H,21,22,23)/t13-/m0/s1. The molecule has 26 heavy (non-hydrogen) atoms. The lowest BCUT2D eigenvalue weighted by molar-refractivity contribution is 0.281. The molecule has 140 valence electrons. The summed E-state index contributed by atoms with van der Waals surface area (Å²) in [6.07, 6.45) is 7.35. The van der Waals surface area contributed by atoms with Crippen molar-refractivity contribution in [3.8, 4) is 0 Å². The van der Waals surface area contributed by atoms with Crippen molar-refractivity contribution in [2.75, 3.05) is 29.9 Å². The Kier molecular flexibility index (Phi) is 5.98. The minimum absolute atomic E-state index is 0.0333. The van der Waals surface area contributed by atoms with E-state index in [1.54, 1.807) is 6.33 Å². The van der Waals surface area contributed by atoms with Crippen molar-refractivity contribution in [2.24, 2.45) is 0 Å². The van der Waals surface area contributed by atoms with E-state index in [0.29, 0.717) is 0 Å². The van der Waals surface area contributed by atoms with Crippen LogP contribution in [-0.2, 0) is 19.3 Å². The van der Waals surface area contributed by atoms with Crippen molar-refractivity contribution in [3.05, 3.63) is 35.2 Å². The molecule has 0 saturated carbocycles. The number of hydrogen-bond acceptors (Lipinski definition) is 7. The molecular formula is C19H28N6O. The van der Waals surface area contributed by atoms with Crippen LogP contribution in [0.1, 0.15) is 42.9 Å². The van der Waals surface area contributed by atoms with Crippen LogP contribution in [0.3, 0.4) is 0 Å². The maximum atomic E-state index is 9.33. The Morgan fingerprint density at radius 1 is 1.23 bits per heavy atom. The second kappa shape index (κ2) is 8.40. The SMILES string of the molecule is CCCc1cnc(C)nc1N1CCc2ncnc(N[C@@H](C)CO)c2CC1. The molecule has 0 radical (unpaired) electrons. The molecule has 7 nitrogen and oxygen atoms in total. The molecule has 0 fully saturated rings. The molecule has 0 amide bonds. The van der Waals surface area contributed by atoms with Gasteiger partial charge < -0.3 is 15.3 Å². The molecule has 0 unspecified atom stereocenters. The summed E-state index contributed by atoms with van der Waals surface area (Å²) in [6, 6.07) is -0.0333. The van der Waals surface area contributed by atoms with Gasteiger partial charge in [0.2, 0.25) is 0 Å². The average Bonchev–Trinajstić information content (AvgIpc) is 2.86. The third-order valence-corrected chi connectivity index (χ3v) is 4.72. The molecule has 2 aromatic heterocycles. The van der Waals surface area contributed by atoms with Crippen LogP contribution in [0.2, 0.25) is 0 Å². The van der Waals surface area contributed by atoms with E-state index in [9.17, 15) is 5.11 Å². The summed E-state index contributed by atoms with van der Waals surface area (Å²) in [6.45, 7) is 7.89. The molecule has 2 aromatic rings. The van der Waals surface area contributed by atoms with Crippen molar-refractivity contribution in [2.45, 2.75) is 52.5 Å². The maximum absolute atomic E-state index is 9.33. The highest BCUT2D eigenvalue weighted by molar-refractivity contribution is 5.51. The quantitative estimate of drug-likeness (QED) is 0.818. The largest absolute Gasteiger partial charge is 0.394 e. The Bertz CT molecular complexity index is 751. The fraction of sp³-hybridized carbons (Fsp3) is 0.579. The summed E-state index contributed by atoms with van der Waals surface area (Å²) in [5.74, 6) is 2.70. The number of aliphatic hydroxyl groups excluding tert-OH is 1. The highest BCUT2D eigenvalue weighted by Crippen LogP contribution is 2.25. The number of nitrogens with one attached hydrogen (secondary N) is 1. The van der Waals surface area contributed by atoms with Gasteiger partial charge in [-0.25, -0.2) is 19.9 Å². The van der Waals surface area contributed by atoms with Gasteiger partial charge in [0.1, 0.15) is 23.8 Å². The summed E-state index contributed by atoms with van der Waals surface area (Å²) in [5, 5.41) is 12.6. The molecule has 1 atom stereocenters. The van der Waals surface area contributed by atoms with E-state index in [4.69, 9.17) is 4.98 Å². The number of fused-ring (bicyclic) bond motifs is 1. The predicted octanol–water partition coefficient (Wildman–Crippen LogP) is 1.93. The maximum Gasteiger partial charge on any atom is 0.135 e. The molecule has 3 rings (SSSR count). The Balaban J connectivity index is 1.85. The molecule has 0 aromatic carbocycles. The van der Waals surface area contributed by atoms with Crippen molar-refractivity contribution < 1.29 is 5.11 Å². The molecule has 7 heteroatoms. The molecule has 0 aliphatic carbocycles. The average molecular weight is 356 g/mol. The van der Waals surface area contributed by atoms with E-state index < -0.39 is 0 Å². The van der Waals surface area contributed by atoms with Crippen molar-refractivity contribution in [1.82, 2.24) is 19.9 Å². The van der Waals surface area contributed by atoms with Crippen LogP contribution in [0, 0.1) is 6.92 Å². The Hall–Kier alpha value is -2.28. The normalized spacial score (nSPS) is 15.3. The summed E-state index contributed by atoms with van der Waals surface area (Å²) in [4.78, 5) is 20.4. The van der Waals surface area contributed by atoms with Crippen molar-refractivity contribution in [3.63, 3.8) is 0 Å². The number of hydrogen-bond donors (Lipinski definition) is 2. The van der Waals surface area contributed by atoms with Gasteiger partial charge in [-0.05, 0) is 26.7 Å². The third-order valence-electron chi connectivity index (χ3n) is 4.72. The van der Waals surface area contributed by atoms with Gasteiger partial charge in [-0.15, -0.1) is 0 Å². The molecule has 3 heterocycles. The second-order valence-corrected chi connectivity index (χ2v) is 6.88. The van der Waals surface area contributed by atoms with Crippen LogP contribution in [0.15, 0.2) is 12.5 Å². The summed E-state index contributed by atoms with van der Waals surface area (Å²) >= 11 is 0. The van der Waals surface area contributed by atoms with Gasteiger partial charge in [-0.3, -0.25) is 0 Å². The second-order valence-electron chi connectivity index (χ2n) is 6.88. The van der Waals surface area contributed by atoms with Crippen LogP contribution in [0.5, 0.6) is 0 Å². The van der Waals surface area contributed by atoms with Crippen molar-refractivity contribution >= 4 is 11.6 Å². The Labute approximate surface area is 154 Å². The van der Waals surface area contributed by atoms with E-state index in [1.165, 1.54) is 5.56 Å². The van der Waals surface area contributed by atoms with Crippen molar-refractivity contribution in [1.29, 1.82) is 0 Å². The van der Waals surface area contributed by atoms with Crippen LogP contribution in [-0.4, -0.2) is 50.8 Å². The smallest absolute Gasteiger partial charge is 0.135 e. The fourth-order valence-electron chi connectivity index (χ4n) is 3.34. The van der Waals surface area contributed by atoms with Gasteiger partial charge in [-0.2, -0.15) is 0 Å². The Morgan fingerprint density at radius 3 is 2.81 bits per heavy atom. The first-order valence-corrected chi connectivity index (χ1v) is 9.40. The van der Waals surface area contributed by atoms with Gasteiger partial charge >= 0.3 is 0 Å². The zero-order valence-corrected chi connectivity index (χ0v) is 15.9. The van der Waals surface area contributed by atoms with Crippen LogP contribution in [0.25, 0.3) is 0 Å². The number of aryl methyl sites for hydroxylation is 2. The van der Waals surface area contributed by atoms with Gasteiger partial charge in [-0.1, -0.05) is 13.3 Å². The number of aromatic nitrogens is 4. The number of anilines is 2. The first-order chi connectivity index (χ1) is 12.6. The zero-order chi connectivity index (χ0) is 18.5. The summed E-state index contributed by atoms with van der Waals surface area (Å²) in [7, 11) is 0. The van der Waals surface area contributed by atoms with Crippen LogP contribution in [0.4, 0.5) is 11.6 Å². The van der Waals surface area contributed by atoms with E-state index in [2.05, 4.69) is 32.1 Å². The monoisotopic (exact) mass is 356 g/mol. The lowest BCUT2D eigenvalue weighted by atomic mass is 10.1. The molecule has 0 bridgehead atoms. The lowest BCUT2D eigenvalue weighted by Crippen LogP contribution is -2.28. The van der Waals surface area contributed by atoms with E-state index in [0.717, 1.165) is 67.5 Å². The van der Waals surface area contributed by atoms with Crippen LogP contribution < -0.4 is 10.2 Å². The van der Waals surface area contributed by atoms with Gasteiger partial charge in [0.25, 0.3) is 0 Å². The number of aliphatic hydroxyl groups is 1. The topological polar surface area (TPSA) is 87.1 Å². The number of nitrogens with zero attached hydrogens (tertiary/aromatic N) is 5. The first kappa shape index (κ1) is 18.5. The molecule has 0 saturated heterocycles. The zero-order valence-electron chi connectivity index (χ0n) is 15.9. The highest BCUT2D eigenvalue weighted by atomic mass is 16.3. The predicted molar refractivity (Wildman–Crippen MR) is 103 cm³/mol.